The van der Waals surface area contributed by atoms with Crippen LogP contribution in [0, 0.1) is 0 Å². The molecule has 14 heavy (non-hydrogen) atoms. The number of nitrogens with zero attached hydrogens (tertiary/aromatic N) is 3. The molecule has 6 nitrogen and oxygen atoms in total. The monoisotopic (exact) mass is 191 g/mol. The van der Waals surface area contributed by atoms with Gasteiger partial charge in [0, 0.05) is 11.8 Å². The molecule has 1 aromatic rings. The van der Waals surface area contributed by atoms with E-state index < -0.39 is 17.9 Å². The van der Waals surface area contributed by atoms with Crippen LogP contribution in [-0.4, -0.2) is 22.0 Å². The second-order valence-corrected chi connectivity index (χ2v) is 2.70. The molecule has 0 aromatic carbocycles. The molecule has 70 valence electrons. The summed E-state index contributed by atoms with van der Waals surface area (Å²) in [6.07, 6.45) is 1.41. The van der Waals surface area contributed by atoms with Crippen molar-refractivity contribution in [1.29, 1.82) is 0 Å². The van der Waals surface area contributed by atoms with E-state index >= 15 is 0 Å². The van der Waals surface area contributed by atoms with E-state index in [2.05, 4.69) is 15.2 Å². The van der Waals surface area contributed by atoms with Crippen molar-refractivity contribution >= 4 is 11.9 Å². The van der Waals surface area contributed by atoms with Crippen molar-refractivity contribution in [1.82, 2.24) is 4.98 Å². The van der Waals surface area contributed by atoms with Crippen LogP contribution in [0.5, 0.6) is 0 Å². The van der Waals surface area contributed by atoms with Crippen molar-refractivity contribution in [3.8, 4) is 0 Å². The van der Waals surface area contributed by atoms with E-state index in [4.69, 9.17) is 5.11 Å². The van der Waals surface area contributed by atoms with Crippen LogP contribution >= 0.6 is 0 Å². The van der Waals surface area contributed by atoms with Crippen molar-refractivity contribution in [2.24, 2.45) is 10.2 Å². The Morgan fingerprint density at radius 1 is 1.50 bits per heavy atom. The average Bonchev–Trinajstić information content (AvgIpc) is 2.18. The van der Waals surface area contributed by atoms with Gasteiger partial charge in [0.05, 0.1) is 0 Å². The highest BCUT2D eigenvalue weighted by atomic mass is 16.4. The summed E-state index contributed by atoms with van der Waals surface area (Å²) in [6, 6.07) is 1.96. The first-order valence-electron chi connectivity index (χ1n) is 3.83. The number of carboxylic acid groups (broad SMARTS) is 1. The van der Waals surface area contributed by atoms with Gasteiger partial charge in [-0.2, -0.15) is 5.11 Å². The highest BCUT2D eigenvalue weighted by molar-refractivity contribution is 5.97. The molecule has 0 spiro atoms. The largest absolute Gasteiger partial charge is 0.479 e. The summed E-state index contributed by atoms with van der Waals surface area (Å²) in [5.41, 5.74) is 0.356. The molecule has 0 radical (unpaired) electrons. The fraction of sp³-hybridized carbons (Fsp3) is 0.125. The molecule has 1 amide bonds. The molecule has 0 aliphatic carbocycles. The van der Waals surface area contributed by atoms with Gasteiger partial charge in [0.25, 0.3) is 0 Å². The Labute approximate surface area is 78.3 Å². The number of amides is 1. The zero-order chi connectivity index (χ0) is 10.1. The van der Waals surface area contributed by atoms with E-state index in [-0.39, 0.29) is 5.69 Å². The standard InChI is InChI=1S/C8H5N3O3/c12-7-5-4(2-1-3-9-5)6(8(13)14)10-11-7/h1-3,6H,(H,13,14). The number of hydrogen-bond donors (Lipinski definition) is 1. The van der Waals surface area contributed by atoms with Gasteiger partial charge in [-0.05, 0) is 6.07 Å². The third-order valence-corrected chi connectivity index (χ3v) is 1.83. The molecule has 2 rings (SSSR count). The molecule has 1 aliphatic heterocycles. The van der Waals surface area contributed by atoms with Gasteiger partial charge in [0.1, 0.15) is 5.69 Å². The van der Waals surface area contributed by atoms with Gasteiger partial charge in [-0.15, -0.1) is 5.11 Å². The molecule has 1 aromatic heterocycles. The normalized spacial score (nSPS) is 19.1. The summed E-state index contributed by atoms with van der Waals surface area (Å²) < 4.78 is 0. The van der Waals surface area contributed by atoms with Crippen LogP contribution in [0.2, 0.25) is 0 Å². The van der Waals surface area contributed by atoms with Crippen molar-refractivity contribution in [2.75, 3.05) is 0 Å². The number of carbonyl (C=O) groups excluding carboxylic acids is 1. The van der Waals surface area contributed by atoms with E-state index in [0.29, 0.717) is 5.56 Å². The van der Waals surface area contributed by atoms with Crippen LogP contribution in [0.25, 0.3) is 0 Å². The number of fused-ring (bicyclic) bond motifs is 1. The van der Waals surface area contributed by atoms with Crippen LogP contribution < -0.4 is 0 Å². The van der Waals surface area contributed by atoms with Gasteiger partial charge in [-0.1, -0.05) is 6.07 Å². The molecule has 2 heterocycles. The van der Waals surface area contributed by atoms with Crippen LogP contribution in [0.3, 0.4) is 0 Å². The molecule has 1 aliphatic rings. The third-order valence-electron chi connectivity index (χ3n) is 1.83. The number of hydrogen-bond acceptors (Lipinski definition) is 4. The lowest BCUT2D eigenvalue weighted by Crippen LogP contribution is -2.18. The van der Waals surface area contributed by atoms with E-state index in [1.165, 1.54) is 12.3 Å². The highest BCUT2D eigenvalue weighted by Gasteiger charge is 2.29. The first kappa shape index (κ1) is 8.49. The number of aromatic nitrogens is 1. The number of aliphatic carboxylic acids is 1. The fourth-order valence-electron chi connectivity index (χ4n) is 1.22. The quantitative estimate of drug-likeness (QED) is 0.710. The number of azo groups is 1. The second kappa shape index (κ2) is 2.99. The lowest BCUT2D eigenvalue weighted by Gasteiger charge is -2.12. The summed E-state index contributed by atoms with van der Waals surface area (Å²) >= 11 is 0. The summed E-state index contributed by atoms with van der Waals surface area (Å²) in [7, 11) is 0. The Balaban J connectivity index is 2.58. The van der Waals surface area contributed by atoms with E-state index in [9.17, 15) is 9.59 Å². The third kappa shape index (κ3) is 1.17. The molecule has 0 bridgehead atoms. The molecule has 1 N–H and O–H groups in total. The predicted molar refractivity (Wildman–Crippen MR) is 43.8 cm³/mol. The second-order valence-electron chi connectivity index (χ2n) is 2.70. The van der Waals surface area contributed by atoms with Gasteiger partial charge < -0.3 is 5.11 Å². The minimum Gasteiger partial charge on any atom is -0.479 e. The van der Waals surface area contributed by atoms with Gasteiger partial charge in [-0.25, -0.2) is 4.79 Å². The van der Waals surface area contributed by atoms with Crippen molar-refractivity contribution in [3.05, 3.63) is 29.6 Å². The fourth-order valence-corrected chi connectivity index (χ4v) is 1.22. The minimum atomic E-state index is -1.14. The summed E-state index contributed by atoms with van der Waals surface area (Å²) in [4.78, 5) is 25.6. The maximum atomic E-state index is 11.1. The topological polar surface area (TPSA) is 92.0 Å². The molecule has 1 atom stereocenters. The number of pyridine rings is 1. The van der Waals surface area contributed by atoms with Crippen LogP contribution in [0.15, 0.2) is 28.6 Å². The van der Waals surface area contributed by atoms with Crippen molar-refractivity contribution < 1.29 is 14.7 Å². The molecular weight excluding hydrogens is 186 g/mol. The lowest BCUT2D eigenvalue weighted by molar-refractivity contribution is -0.138. The summed E-state index contributed by atoms with van der Waals surface area (Å²) in [5, 5.41) is 15.4. The minimum absolute atomic E-state index is 0.0647. The lowest BCUT2D eigenvalue weighted by atomic mass is 10.0. The van der Waals surface area contributed by atoms with Crippen LogP contribution in [0.4, 0.5) is 0 Å². The van der Waals surface area contributed by atoms with Crippen molar-refractivity contribution in [2.45, 2.75) is 6.04 Å². The Morgan fingerprint density at radius 3 is 3.00 bits per heavy atom. The van der Waals surface area contributed by atoms with E-state index in [1.54, 1.807) is 6.07 Å². The molecular formula is C8H5N3O3. The Morgan fingerprint density at radius 2 is 2.29 bits per heavy atom. The summed E-state index contributed by atoms with van der Waals surface area (Å²) in [5.74, 6) is -1.74. The van der Waals surface area contributed by atoms with Gasteiger partial charge in [0.2, 0.25) is 0 Å². The SMILES string of the molecule is O=C1N=NC(C(=O)O)c2cccnc21. The van der Waals surface area contributed by atoms with Crippen LogP contribution in [-0.2, 0) is 4.79 Å². The molecule has 0 saturated heterocycles. The molecule has 0 saturated carbocycles. The first-order valence-corrected chi connectivity index (χ1v) is 3.83. The highest BCUT2D eigenvalue weighted by Crippen LogP contribution is 2.25. The smallest absolute Gasteiger partial charge is 0.335 e. The maximum absolute atomic E-state index is 11.1. The van der Waals surface area contributed by atoms with Crippen LogP contribution in [0.1, 0.15) is 22.1 Å². The first-order chi connectivity index (χ1) is 6.70. The molecule has 6 heteroatoms. The zero-order valence-corrected chi connectivity index (χ0v) is 6.91. The summed E-state index contributed by atoms with van der Waals surface area (Å²) in [6.45, 7) is 0. The van der Waals surface area contributed by atoms with E-state index in [0.717, 1.165) is 0 Å². The number of rotatable bonds is 1. The molecule has 0 fully saturated rings. The maximum Gasteiger partial charge on any atom is 0.335 e. The van der Waals surface area contributed by atoms with Crippen molar-refractivity contribution in [3.63, 3.8) is 0 Å². The average molecular weight is 191 g/mol. The predicted octanol–water partition coefficient (Wildman–Crippen LogP) is 0.813. The Kier molecular flexibility index (Phi) is 1.81. The molecule has 1 unspecified atom stereocenters. The van der Waals surface area contributed by atoms with Gasteiger partial charge in [-0.3, -0.25) is 9.78 Å². The Hall–Kier alpha value is -2.11. The zero-order valence-electron chi connectivity index (χ0n) is 6.91. The number of carbonyl (C=O) groups is 2. The van der Waals surface area contributed by atoms with Gasteiger partial charge >= 0.3 is 11.9 Å². The van der Waals surface area contributed by atoms with E-state index in [1.807, 2.05) is 0 Å². The Bertz CT molecular complexity index is 441. The number of carboxylic acids is 1. The van der Waals surface area contributed by atoms with Gasteiger partial charge in [0.15, 0.2) is 6.04 Å².